The van der Waals surface area contributed by atoms with Gasteiger partial charge in [0.1, 0.15) is 0 Å². The van der Waals surface area contributed by atoms with Gasteiger partial charge >= 0.3 is 6.18 Å². The van der Waals surface area contributed by atoms with Gasteiger partial charge in [-0.05, 0) is 82.4 Å². The van der Waals surface area contributed by atoms with Crippen LogP contribution in [0.4, 0.5) is 18.9 Å². The Balaban J connectivity index is 1.16. The molecule has 3 aliphatic heterocycles. The summed E-state index contributed by atoms with van der Waals surface area (Å²) < 4.78 is 42.0. The van der Waals surface area contributed by atoms with E-state index in [2.05, 4.69) is 18.7 Å². The van der Waals surface area contributed by atoms with Crippen LogP contribution in [0.15, 0.2) is 48.5 Å². The lowest BCUT2D eigenvalue weighted by molar-refractivity contribution is -0.262. The number of likely N-dealkylation sites (tertiary alicyclic amines) is 2. The average molecular weight is 606 g/mol. The Morgan fingerprint density at radius 2 is 1.38 bits per heavy atom. The molecule has 0 bridgehead atoms. The van der Waals surface area contributed by atoms with Gasteiger partial charge in [-0.15, -0.1) is 0 Å². The maximum absolute atomic E-state index is 14.0. The van der Waals surface area contributed by atoms with E-state index in [0.717, 1.165) is 56.6 Å². The van der Waals surface area contributed by atoms with Crippen molar-refractivity contribution in [1.82, 2.24) is 9.80 Å². The molecule has 0 radical (unpaired) electrons. The molecule has 3 unspecified atom stereocenters. The van der Waals surface area contributed by atoms with Gasteiger partial charge in [-0.3, -0.25) is 9.59 Å². The van der Waals surface area contributed by atoms with Gasteiger partial charge in [-0.2, -0.15) is 13.2 Å². The Hall–Kier alpha value is -2.78. The highest BCUT2D eigenvalue weighted by atomic mass is 35.5. The van der Waals surface area contributed by atoms with Crippen LogP contribution in [0.1, 0.15) is 68.3 Å². The van der Waals surface area contributed by atoms with Gasteiger partial charge in [0, 0.05) is 49.5 Å². The Morgan fingerprint density at radius 1 is 0.833 bits per heavy atom. The van der Waals surface area contributed by atoms with Gasteiger partial charge in [0.2, 0.25) is 0 Å². The summed E-state index contributed by atoms with van der Waals surface area (Å²) in [6, 6.07) is 12.7. The summed E-state index contributed by atoms with van der Waals surface area (Å²) in [6.07, 6.45) is -0.0715. The number of amides is 2. The molecule has 6 nitrogen and oxygen atoms in total. The maximum atomic E-state index is 14.0. The Labute approximate surface area is 250 Å². The first-order chi connectivity index (χ1) is 19.9. The van der Waals surface area contributed by atoms with Crippen molar-refractivity contribution in [2.45, 2.75) is 76.2 Å². The minimum Gasteiger partial charge on any atom is -0.371 e. The highest BCUT2D eigenvalue weighted by Gasteiger charge is 2.62. The number of rotatable bonds is 5. The number of piperidine rings is 2. The summed E-state index contributed by atoms with van der Waals surface area (Å²) in [5.74, 6) is -0.615. The lowest BCUT2D eigenvalue weighted by atomic mass is 9.78. The fourth-order valence-corrected chi connectivity index (χ4v) is 7.38. The van der Waals surface area contributed by atoms with E-state index in [4.69, 9.17) is 11.6 Å². The molecule has 5 rings (SSSR count). The number of nitrogens with zero attached hydrogens (tertiary/aromatic N) is 3. The molecule has 0 spiro atoms. The van der Waals surface area contributed by atoms with Crippen molar-refractivity contribution in [2.24, 2.45) is 11.8 Å². The van der Waals surface area contributed by atoms with Crippen LogP contribution in [0.5, 0.6) is 0 Å². The quantitative estimate of drug-likeness (QED) is 0.437. The molecule has 3 atom stereocenters. The fourth-order valence-electron chi connectivity index (χ4n) is 7.13. The summed E-state index contributed by atoms with van der Waals surface area (Å²) in [7, 11) is 0. The number of benzene rings is 2. The van der Waals surface area contributed by atoms with Gasteiger partial charge in [-0.25, -0.2) is 0 Å². The molecule has 2 amide bonds. The maximum Gasteiger partial charge on any atom is 0.430 e. The molecule has 2 aromatic carbocycles. The largest absolute Gasteiger partial charge is 0.430 e. The average Bonchev–Trinajstić information content (AvgIpc) is 3.33. The molecule has 2 aromatic rings. The normalized spacial score (nSPS) is 24.1. The van der Waals surface area contributed by atoms with Crippen molar-refractivity contribution >= 4 is 29.1 Å². The van der Waals surface area contributed by atoms with Crippen LogP contribution in [0.25, 0.3) is 0 Å². The monoisotopic (exact) mass is 605 g/mol. The molecular formula is C32H39ClF3N3O3. The number of hydrogen-bond donors (Lipinski definition) is 1. The standard InChI is InChI=1S/C32H39ClF3N3O3/c1-21-8-9-22(2)39(21)29(40)27-11-10-26(20-28(27)33)37-16-12-23(13-17-37)24-14-18-38(19-15-24)30(41)31(42,32(34,35)36)25-6-4-3-5-7-25/h3-7,10-11,20-24,42H,8-9,12-19H2,1-2H3. The van der Waals surface area contributed by atoms with Crippen LogP contribution < -0.4 is 4.90 Å². The van der Waals surface area contributed by atoms with Gasteiger partial charge in [-0.1, -0.05) is 41.9 Å². The van der Waals surface area contributed by atoms with Gasteiger partial charge in [0.25, 0.3) is 17.4 Å². The van der Waals surface area contributed by atoms with Crippen molar-refractivity contribution < 1.29 is 27.9 Å². The van der Waals surface area contributed by atoms with Crippen LogP contribution in [0, 0.1) is 11.8 Å². The van der Waals surface area contributed by atoms with Gasteiger partial charge in [0.05, 0.1) is 10.6 Å². The number of carbonyl (C=O) groups excluding carboxylic acids is 2. The minimum absolute atomic E-state index is 0.0231. The molecular weight excluding hydrogens is 567 g/mol. The van der Waals surface area contributed by atoms with Gasteiger partial charge in [0.15, 0.2) is 0 Å². The summed E-state index contributed by atoms with van der Waals surface area (Å²) in [6.45, 7) is 6.15. The molecule has 10 heteroatoms. The molecule has 1 N–H and O–H groups in total. The van der Waals surface area contributed by atoms with Crippen molar-refractivity contribution in [2.75, 3.05) is 31.1 Å². The topological polar surface area (TPSA) is 64.1 Å². The SMILES string of the molecule is CC1CCC(C)N1C(=O)c1ccc(N2CCC(C3CCN(C(=O)C(O)(c4ccccc4)C(F)(F)F)CC3)CC2)cc1Cl. The zero-order valence-electron chi connectivity index (χ0n) is 24.1. The van der Waals surface area contributed by atoms with E-state index in [1.54, 1.807) is 6.07 Å². The molecule has 0 saturated carbocycles. The third-order valence-corrected chi connectivity index (χ3v) is 9.99. The smallest absolute Gasteiger partial charge is 0.371 e. The third kappa shape index (κ3) is 5.74. The molecule has 3 aliphatic rings. The molecule has 228 valence electrons. The van der Waals surface area contributed by atoms with Crippen LogP contribution in [0.2, 0.25) is 5.02 Å². The molecule has 0 aromatic heterocycles. The number of carbonyl (C=O) groups is 2. The first-order valence-corrected chi connectivity index (χ1v) is 15.3. The van der Waals surface area contributed by atoms with Crippen LogP contribution in [-0.4, -0.2) is 71.2 Å². The number of halogens is 4. The van der Waals surface area contributed by atoms with E-state index in [1.807, 2.05) is 23.1 Å². The zero-order chi connectivity index (χ0) is 30.2. The predicted molar refractivity (Wildman–Crippen MR) is 156 cm³/mol. The number of anilines is 1. The summed E-state index contributed by atoms with van der Waals surface area (Å²) in [5.41, 5.74) is -2.51. The van der Waals surface area contributed by atoms with Crippen LogP contribution >= 0.6 is 11.6 Å². The second-order valence-corrected chi connectivity index (χ2v) is 12.6. The zero-order valence-corrected chi connectivity index (χ0v) is 24.9. The van der Waals surface area contributed by atoms with Crippen LogP contribution in [0.3, 0.4) is 0 Å². The Morgan fingerprint density at radius 3 is 1.90 bits per heavy atom. The first kappa shape index (κ1) is 30.7. The highest BCUT2D eigenvalue weighted by Crippen LogP contribution is 2.42. The van der Waals surface area contributed by atoms with Gasteiger partial charge < -0.3 is 19.8 Å². The van der Waals surface area contributed by atoms with E-state index >= 15 is 0 Å². The summed E-state index contributed by atoms with van der Waals surface area (Å²) >= 11 is 6.61. The van der Waals surface area contributed by atoms with Crippen LogP contribution in [-0.2, 0) is 10.4 Å². The van der Waals surface area contributed by atoms with E-state index in [0.29, 0.717) is 35.3 Å². The second kappa shape index (κ2) is 12.1. The molecule has 0 aliphatic carbocycles. The van der Waals surface area contributed by atoms with Crippen molar-refractivity contribution in [3.63, 3.8) is 0 Å². The number of aliphatic hydroxyl groups is 1. The minimum atomic E-state index is -5.13. The highest BCUT2D eigenvalue weighted by molar-refractivity contribution is 6.34. The predicted octanol–water partition coefficient (Wildman–Crippen LogP) is 6.26. The molecule has 3 saturated heterocycles. The fraction of sp³-hybridized carbons (Fsp3) is 0.562. The van der Waals surface area contributed by atoms with E-state index in [-0.39, 0.29) is 31.1 Å². The van der Waals surface area contributed by atoms with E-state index in [9.17, 15) is 27.9 Å². The van der Waals surface area contributed by atoms with Crippen molar-refractivity contribution in [3.8, 4) is 0 Å². The van der Waals surface area contributed by atoms with E-state index in [1.165, 1.54) is 17.0 Å². The number of alkyl halides is 3. The lowest BCUT2D eigenvalue weighted by Gasteiger charge is -2.42. The third-order valence-electron chi connectivity index (χ3n) is 9.68. The molecule has 3 fully saturated rings. The molecule has 3 heterocycles. The van der Waals surface area contributed by atoms with Crippen molar-refractivity contribution in [1.29, 1.82) is 0 Å². The second-order valence-electron chi connectivity index (χ2n) is 12.2. The molecule has 42 heavy (non-hydrogen) atoms. The Bertz CT molecular complexity index is 1270. The summed E-state index contributed by atoms with van der Waals surface area (Å²) in [4.78, 5) is 31.6. The van der Waals surface area contributed by atoms with Crippen molar-refractivity contribution in [3.05, 3.63) is 64.7 Å². The van der Waals surface area contributed by atoms with E-state index < -0.39 is 23.2 Å². The summed E-state index contributed by atoms with van der Waals surface area (Å²) in [5, 5.41) is 11.1. The Kier molecular flexibility index (Phi) is 8.82. The first-order valence-electron chi connectivity index (χ1n) is 14.9. The number of hydrogen-bond acceptors (Lipinski definition) is 4. The lowest BCUT2D eigenvalue weighted by Crippen LogP contribution is -2.57.